The minimum absolute atomic E-state index is 0.0680. The quantitative estimate of drug-likeness (QED) is 0.542. The molecule has 0 unspecified atom stereocenters. The van der Waals surface area contributed by atoms with Crippen molar-refractivity contribution < 1.29 is 4.74 Å². The largest absolute Gasteiger partial charge is 0.365 e. The Kier molecular flexibility index (Phi) is 5.97. The fraction of sp³-hybridized carbons (Fsp3) is 0.619. The second-order valence-corrected chi connectivity index (χ2v) is 8.11. The van der Waals surface area contributed by atoms with Crippen LogP contribution in [-0.2, 0) is 4.74 Å². The molecule has 0 heterocycles. The van der Waals surface area contributed by atoms with Crippen LogP contribution in [-0.4, -0.2) is 6.10 Å². The lowest BCUT2D eigenvalue weighted by molar-refractivity contribution is 0.0124. The maximum Gasteiger partial charge on any atom is 0.0970 e. The molecule has 0 amide bonds. The Morgan fingerprint density at radius 3 is 1.74 bits per heavy atom. The van der Waals surface area contributed by atoms with Crippen LogP contribution in [0.3, 0.4) is 0 Å². The summed E-state index contributed by atoms with van der Waals surface area (Å²) in [5.41, 5.74) is 5.64. The molecule has 0 aliphatic heterocycles. The van der Waals surface area contributed by atoms with E-state index < -0.39 is 0 Å². The molecule has 1 aromatic rings. The van der Waals surface area contributed by atoms with Crippen molar-refractivity contribution in [3.05, 3.63) is 45.5 Å². The van der Waals surface area contributed by atoms with Crippen LogP contribution in [0.2, 0.25) is 0 Å². The number of rotatable bonds is 6. The predicted molar refractivity (Wildman–Crippen MR) is 101 cm³/mol. The van der Waals surface area contributed by atoms with Crippen molar-refractivity contribution in [3.63, 3.8) is 0 Å². The van der Waals surface area contributed by atoms with Crippen LogP contribution in [0, 0.1) is 0 Å². The third-order valence-corrected chi connectivity index (χ3v) is 5.18. The standard InChI is InChI=1S/C21H31ClO/c1-12(2)16-10-17(13(3)4)21(18(11-16)14(5)6)15(7)23-20-9-8-19(20)22/h8,10-15,20H,9H2,1-7H3/t15-,20-/m0/s1. The van der Waals surface area contributed by atoms with Gasteiger partial charge in [-0.3, -0.25) is 0 Å². The van der Waals surface area contributed by atoms with Crippen molar-refractivity contribution in [1.82, 2.24) is 0 Å². The summed E-state index contributed by atoms with van der Waals surface area (Å²) in [4.78, 5) is 0. The van der Waals surface area contributed by atoms with E-state index in [1.807, 2.05) is 6.08 Å². The van der Waals surface area contributed by atoms with Gasteiger partial charge in [0.15, 0.2) is 0 Å². The Hall–Kier alpha value is -0.790. The summed E-state index contributed by atoms with van der Waals surface area (Å²) < 4.78 is 6.27. The third-order valence-electron chi connectivity index (χ3n) is 4.79. The van der Waals surface area contributed by atoms with E-state index in [0.29, 0.717) is 17.8 Å². The first kappa shape index (κ1) is 18.5. The van der Waals surface area contributed by atoms with Gasteiger partial charge < -0.3 is 4.74 Å². The molecule has 23 heavy (non-hydrogen) atoms. The lowest BCUT2D eigenvalue weighted by Gasteiger charge is -2.31. The number of benzene rings is 1. The van der Waals surface area contributed by atoms with E-state index in [1.165, 1.54) is 22.3 Å². The van der Waals surface area contributed by atoms with Crippen molar-refractivity contribution in [1.29, 1.82) is 0 Å². The molecule has 2 rings (SSSR count). The number of hydrogen-bond acceptors (Lipinski definition) is 1. The average molecular weight is 335 g/mol. The minimum atomic E-state index is 0.0680. The molecule has 0 N–H and O–H groups in total. The van der Waals surface area contributed by atoms with E-state index >= 15 is 0 Å². The van der Waals surface area contributed by atoms with Gasteiger partial charge in [-0.05, 0) is 53.4 Å². The molecular formula is C21H31ClO. The molecule has 1 nitrogen and oxygen atoms in total. The molecule has 128 valence electrons. The Morgan fingerprint density at radius 1 is 0.913 bits per heavy atom. The fourth-order valence-corrected chi connectivity index (χ4v) is 3.45. The van der Waals surface area contributed by atoms with Crippen molar-refractivity contribution >= 4 is 11.6 Å². The van der Waals surface area contributed by atoms with E-state index in [4.69, 9.17) is 16.3 Å². The van der Waals surface area contributed by atoms with Gasteiger partial charge >= 0.3 is 0 Å². The first-order chi connectivity index (χ1) is 10.7. The highest BCUT2D eigenvalue weighted by Crippen LogP contribution is 2.39. The molecule has 0 aromatic heterocycles. The summed E-state index contributed by atoms with van der Waals surface area (Å²) in [5, 5.41) is 0.854. The second-order valence-electron chi connectivity index (χ2n) is 7.67. The summed E-state index contributed by atoms with van der Waals surface area (Å²) in [7, 11) is 0. The Balaban J connectivity index is 2.47. The average Bonchev–Trinajstić information content (AvgIpc) is 2.49. The molecule has 1 aliphatic rings. The summed E-state index contributed by atoms with van der Waals surface area (Å²) >= 11 is 6.15. The molecule has 0 bridgehead atoms. The number of halogens is 1. The van der Waals surface area contributed by atoms with Crippen LogP contribution >= 0.6 is 11.6 Å². The Labute approximate surface area is 147 Å². The van der Waals surface area contributed by atoms with Crippen LogP contribution in [0.4, 0.5) is 0 Å². The van der Waals surface area contributed by atoms with Crippen molar-refractivity contribution in [2.45, 2.75) is 84.8 Å². The van der Waals surface area contributed by atoms with E-state index in [1.54, 1.807) is 0 Å². The Morgan fingerprint density at radius 2 is 1.43 bits per heavy atom. The Bertz CT molecular complexity index is 554. The predicted octanol–water partition coefficient (Wildman–Crippen LogP) is 7.03. The summed E-state index contributed by atoms with van der Waals surface area (Å²) in [6.07, 6.45) is 3.12. The van der Waals surface area contributed by atoms with E-state index in [9.17, 15) is 0 Å². The van der Waals surface area contributed by atoms with E-state index in [2.05, 4.69) is 60.6 Å². The molecule has 0 radical (unpaired) electrons. The van der Waals surface area contributed by atoms with E-state index in [0.717, 1.165) is 11.5 Å². The molecule has 1 aromatic carbocycles. The van der Waals surface area contributed by atoms with Gasteiger partial charge in [-0.1, -0.05) is 71.4 Å². The van der Waals surface area contributed by atoms with Crippen LogP contribution in [0.1, 0.15) is 101 Å². The second kappa shape index (κ2) is 7.40. The van der Waals surface area contributed by atoms with Gasteiger partial charge in [0.05, 0.1) is 12.2 Å². The smallest absolute Gasteiger partial charge is 0.0970 e. The molecule has 2 atom stereocenters. The number of ether oxygens (including phenoxy) is 1. The fourth-order valence-electron chi connectivity index (χ4n) is 3.22. The summed E-state index contributed by atoms with van der Waals surface area (Å²) in [5.74, 6) is 1.51. The zero-order valence-electron chi connectivity index (χ0n) is 15.6. The first-order valence-electron chi connectivity index (χ1n) is 8.91. The normalized spacial score (nSPS) is 19.3. The molecule has 1 aliphatic carbocycles. The first-order valence-corrected chi connectivity index (χ1v) is 9.28. The van der Waals surface area contributed by atoms with Crippen LogP contribution < -0.4 is 0 Å². The lowest BCUT2D eigenvalue weighted by atomic mass is 9.82. The SMILES string of the molecule is CC(C)c1cc(C(C)C)c([C@H](C)O[C@H]2CC=C2Cl)c(C(C)C)c1. The van der Waals surface area contributed by atoms with Crippen LogP contribution in [0.25, 0.3) is 0 Å². The summed E-state index contributed by atoms with van der Waals surface area (Å²) in [6.45, 7) is 15.8. The zero-order chi connectivity index (χ0) is 17.3. The van der Waals surface area contributed by atoms with Crippen LogP contribution in [0.15, 0.2) is 23.2 Å². The highest BCUT2D eigenvalue weighted by molar-refractivity contribution is 6.30. The molecule has 0 saturated carbocycles. The monoisotopic (exact) mass is 334 g/mol. The van der Waals surface area contributed by atoms with Gasteiger partial charge in [-0.2, -0.15) is 0 Å². The molecular weight excluding hydrogens is 304 g/mol. The van der Waals surface area contributed by atoms with Crippen molar-refractivity contribution in [2.24, 2.45) is 0 Å². The van der Waals surface area contributed by atoms with Gasteiger partial charge in [-0.25, -0.2) is 0 Å². The summed E-state index contributed by atoms with van der Waals surface area (Å²) in [6, 6.07) is 4.77. The topological polar surface area (TPSA) is 9.23 Å². The highest BCUT2D eigenvalue weighted by atomic mass is 35.5. The molecule has 0 saturated heterocycles. The van der Waals surface area contributed by atoms with Crippen molar-refractivity contribution in [3.8, 4) is 0 Å². The highest BCUT2D eigenvalue weighted by Gasteiger charge is 2.27. The third kappa shape index (κ3) is 4.00. The lowest BCUT2D eigenvalue weighted by Crippen LogP contribution is -2.23. The van der Waals surface area contributed by atoms with Gasteiger partial charge in [-0.15, -0.1) is 0 Å². The molecule has 2 heteroatoms. The van der Waals surface area contributed by atoms with Crippen LogP contribution in [0.5, 0.6) is 0 Å². The van der Waals surface area contributed by atoms with Gasteiger partial charge in [0.2, 0.25) is 0 Å². The van der Waals surface area contributed by atoms with Gasteiger partial charge in [0, 0.05) is 5.03 Å². The van der Waals surface area contributed by atoms with Gasteiger partial charge in [0.25, 0.3) is 0 Å². The number of hydrogen-bond donors (Lipinski definition) is 0. The minimum Gasteiger partial charge on any atom is -0.365 e. The maximum absolute atomic E-state index is 6.27. The zero-order valence-corrected chi connectivity index (χ0v) is 16.4. The molecule has 0 spiro atoms. The molecule has 0 fully saturated rings. The van der Waals surface area contributed by atoms with E-state index in [-0.39, 0.29) is 12.2 Å². The van der Waals surface area contributed by atoms with Crippen molar-refractivity contribution in [2.75, 3.05) is 0 Å². The van der Waals surface area contributed by atoms with Gasteiger partial charge in [0.1, 0.15) is 0 Å². The maximum atomic E-state index is 6.27.